The summed E-state index contributed by atoms with van der Waals surface area (Å²) in [5.74, 6) is 0.0916. The monoisotopic (exact) mass is 337 g/mol. The van der Waals surface area contributed by atoms with Crippen LogP contribution in [0.4, 0.5) is 13.6 Å². The predicted molar refractivity (Wildman–Crippen MR) is 82.6 cm³/mol. The number of hydrogen-bond donors (Lipinski definition) is 1. The molecule has 0 bridgehead atoms. The third-order valence-corrected chi connectivity index (χ3v) is 3.10. The average Bonchev–Trinajstić information content (AvgIpc) is 2.55. The van der Waals surface area contributed by atoms with Crippen LogP contribution in [0.25, 0.3) is 0 Å². The first-order valence-corrected chi connectivity index (χ1v) is 7.21. The third kappa shape index (κ3) is 5.85. The van der Waals surface area contributed by atoms with Crippen LogP contribution in [-0.2, 0) is 15.9 Å². The van der Waals surface area contributed by atoms with Crippen LogP contribution in [0.1, 0.15) is 17.4 Å². The molecule has 0 aliphatic carbocycles. The van der Waals surface area contributed by atoms with Crippen molar-refractivity contribution in [3.05, 3.63) is 65.7 Å². The maximum absolute atomic E-state index is 12.1. The van der Waals surface area contributed by atoms with Gasteiger partial charge in [-0.25, -0.2) is 4.79 Å². The van der Waals surface area contributed by atoms with Crippen LogP contribution >= 0.6 is 0 Å². The van der Waals surface area contributed by atoms with Gasteiger partial charge in [0, 0.05) is 5.56 Å². The molecule has 0 aromatic heterocycles. The number of alkyl halides is 2. The first kappa shape index (κ1) is 17.7. The summed E-state index contributed by atoms with van der Waals surface area (Å²) < 4.78 is 39.0. The lowest BCUT2D eigenvalue weighted by Gasteiger charge is -2.17. The van der Waals surface area contributed by atoms with Gasteiger partial charge in [0.2, 0.25) is 6.29 Å². The van der Waals surface area contributed by atoms with E-state index in [0.29, 0.717) is 12.0 Å². The van der Waals surface area contributed by atoms with Gasteiger partial charge in [0.25, 0.3) is 0 Å². The normalized spacial score (nSPS) is 12.0. The molecule has 1 amide bonds. The van der Waals surface area contributed by atoms with Gasteiger partial charge in [-0.2, -0.15) is 8.78 Å². The summed E-state index contributed by atoms with van der Waals surface area (Å²) in [7, 11) is 0. The van der Waals surface area contributed by atoms with Gasteiger partial charge in [0.15, 0.2) is 0 Å². The summed E-state index contributed by atoms with van der Waals surface area (Å²) >= 11 is 0. The first-order chi connectivity index (χ1) is 11.5. The van der Waals surface area contributed by atoms with E-state index in [1.807, 2.05) is 6.07 Å². The second-order valence-electron chi connectivity index (χ2n) is 4.82. The van der Waals surface area contributed by atoms with Crippen molar-refractivity contribution in [1.82, 2.24) is 0 Å². The van der Waals surface area contributed by atoms with E-state index < -0.39 is 19.0 Å². The summed E-state index contributed by atoms with van der Waals surface area (Å²) in [6, 6.07) is 15.1. The highest BCUT2D eigenvalue weighted by Crippen LogP contribution is 2.20. The van der Waals surface area contributed by atoms with E-state index in [1.165, 1.54) is 12.1 Å². The number of ether oxygens (including phenoxy) is 3. The van der Waals surface area contributed by atoms with Gasteiger partial charge in [-0.05, 0) is 24.1 Å². The maximum atomic E-state index is 12.1. The second kappa shape index (κ2) is 8.83. The zero-order chi connectivity index (χ0) is 17.4. The molecule has 0 fully saturated rings. The van der Waals surface area contributed by atoms with E-state index in [-0.39, 0.29) is 12.4 Å². The van der Waals surface area contributed by atoms with Crippen LogP contribution < -0.4 is 10.5 Å². The standard InChI is InChI=1S/C17H17F2NO4/c18-16(19)23-14-8-6-12(7-9-14)10-11-22-15(24-17(20)21)13-4-2-1-3-5-13/h1-9,15-16H,10-11H2,(H2,20,21). The lowest BCUT2D eigenvalue weighted by Crippen LogP contribution is -2.20. The van der Waals surface area contributed by atoms with Crippen molar-refractivity contribution in [3.8, 4) is 5.75 Å². The molecule has 0 saturated heterocycles. The Hall–Kier alpha value is -2.67. The fourth-order valence-corrected chi connectivity index (χ4v) is 2.04. The van der Waals surface area contributed by atoms with Crippen molar-refractivity contribution >= 4 is 6.09 Å². The lowest BCUT2D eigenvalue weighted by molar-refractivity contribution is -0.104. The summed E-state index contributed by atoms with van der Waals surface area (Å²) in [6.07, 6.45) is -1.33. The number of halogens is 2. The Morgan fingerprint density at radius 3 is 2.29 bits per heavy atom. The van der Waals surface area contributed by atoms with Gasteiger partial charge in [-0.3, -0.25) is 0 Å². The molecule has 0 radical (unpaired) electrons. The minimum Gasteiger partial charge on any atom is -0.435 e. The zero-order valence-corrected chi connectivity index (χ0v) is 12.7. The highest BCUT2D eigenvalue weighted by atomic mass is 19.3. The number of carbonyl (C=O) groups is 1. The Kier molecular flexibility index (Phi) is 6.51. The Morgan fingerprint density at radius 2 is 1.71 bits per heavy atom. The Morgan fingerprint density at radius 1 is 1.04 bits per heavy atom. The van der Waals surface area contributed by atoms with Crippen molar-refractivity contribution in [1.29, 1.82) is 0 Å². The van der Waals surface area contributed by atoms with Gasteiger partial charge in [-0.1, -0.05) is 42.5 Å². The molecule has 2 rings (SSSR count). The summed E-state index contributed by atoms with van der Waals surface area (Å²) in [4.78, 5) is 11.0. The quantitative estimate of drug-likeness (QED) is 0.747. The van der Waals surface area contributed by atoms with Crippen molar-refractivity contribution in [2.24, 2.45) is 5.73 Å². The fourth-order valence-electron chi connectivity index (χ4n) is 2.04. The van der Waals surface area contributed by atoms with Crippen molar-refractivity contribution in [2.75, 3.05) is 6.61 Å². The summed E-state index contributed by atoms with van der Waals surface area (Å²) in [6.45, 7) is -2.60. The number of amides is 1. The van der Waals surface area contributed by atoms with Crippen LogP contribution in [0.15, 0.2) is 54.6 Å². The Labute approximate surface area is 137 Å². The molecule has 1 atom stereocenters. The molecule has 5 nitrogen and oxygen atoms in total. The minimum absolute atomic E-state index is 0.0916. The molecule has 2 aromatic rings. The Bertz CT molecular complexity index is 635. The average molecular weight is 337 g/mol. The molecule has 128 valence electrons. The van der Waals surface area contributed by atoms with E-state index in [4.69, 9.17) is 15.2 Å². The first-order valence-electron chi connectivity index (χ1n) is 7.21. The van der Waals surface area contributed by atoms with E-state index in [2.05, 4.69) is 4.74 Å². The van der Waals surface area contributed by atoms with Crippen LogP contribution in [0.3, 0.4) is 0 Å². The van der Waals surface area contributed by atoms with E-state index in [0.717, 1.165) is 5.56 Å². The molecular weight excluding hydrogens is 320 g/mol. The predicted octanol–water partition coefficient (Wildman–Crippen LogP) is 3.64. The molecule has 24 heavy (non-hydrogen) atoms. The second-order valence-corrected chi connectivity index (χ2v) is 4.82. The molecule has 1 unspecified atom stereocenters. The molecule has 2 aromatic carbocycles. The molecular formula is C17H17F2NO4. The van der Waals surface area contributed by atoms with Crippen molar-refractivity contribution < 1.29 is 27.8 Å². The highest BCUT2D eigenvalue weighted by molar-refractivity contribution is 5.64. The van der Waals surface area contributed by atoms with Crippen LogP contribution in [0.5, 0.6) is 5.75 Å². The van der Waals surface area contributed by atoms with Crippen molar-refractivity contribution in [2.45, 2.75) is 19.3 Å². The summed E-state index contributed by atoms with van der Waals surface area (Å²) in [5, 5.41) is 0. The number of hydrogen-bond acceptors (Lipinski definition) is 4. The number of benzene rings is 2. The number of rotatable bonds is 8. The zero-order valence-electron chi connectivity index (χ0n) is 12.7. The van der Waals surface area contributed by atoms with Gasteiger partial charge in [0.1, 0.15) is 5.75 Å². The van der Waals surface area contributed by atoms with Crippen molar-refractivity contribution in [3.63, 3.8) is 0 Å². The molecule has 0 saturated carbocycles. The minimum atomic E-state index is -2.85. The van der Waals surface area contributed by atoms with Crippen LogP contribution in [-0.4, -0.2) is 19.3 Å². The fraction of sp³-hybridized carbons (Fsp3) is 0.235. The highest BCUT2D eigenvalue weighted by Gasteiger charge is 2.15. The van der Waals surface area contributed by atoms with Crippen LogP contribution in [0.2, 0.25) is 0 Å². The van der Waals surface area contributed by atoms with Gasteiger partial charge >= 0.3 is 12.7 Å². The van der Waals surface area contributed by atoms with E-state index in [9.17, 15) is 13.6 Å². The largest absolute Gasteiger partial charge is 0.435 e. The molecule has 0 aliphatic heterocycles. The smallest absolute Gasteiger partial charge is 0.407 e. The topological polar surface area (TPSA) is 70.8 Å². The number of primary amides is 1. The molecule has 0 aliphatic rings. The van der Waals surface area contributed by atoms with Gasteiger partial charge in [0.05, 0.1) is 6.61 Å². The molecule has 7 heteroatoms. The SMILES string of the molecule is NC(=O)OC(OCCc1ccc(OC(F)F)cc1)c1ccccc1. The third-order valence-electron chi connectivity index (χ3n) is 3.10. The van der Waals surface area contributed by atoms with E-state index >= 15 is 0 Å². The lowest BCUT2D eigenvalue weighted by atomic mass is 10.1. The summed E-state index contributed by atoms with van der Waals surface area (Å²) in [5.41, 5.74) is 6.58. The number of nitrogens with two attached hydrogens (primary N) is 1. The van der Waals surface area contributed by atoms with Gasteiger partial charge in [-0.15, -0.1) is 0 Å². The van der Waals surface area contributed by atoms with Crippen LogP contribution in [0, 0.1) is 0 Å². The maximum Gasteiger partial charge on any atom is 0.407 e. The van der Waals surface area contributed by atoms with Gasteiger partial charge < -0.3 is 19.9 Å². The number of carbonyl (C=O) groups excluding carboxylic acids is 1. The molecule has 0 heterocycles. The molecule has 2 N–H and O–H groups in total. The van der Waals surface area contributed by atoms with E-state index in [1.54, 1.807) is 36.4 Å². The Balaban J connectivity index is 1.89. The molecule has 0 spiro atoms.